The molecule has 0 saturated carbocycles. The normalized spacial score (nSPS) is 15.9. The van der Waals surface area contributed by atoms with Crippen molar-refractivity contribution in [2.45, 2.75) is 11.8 Å². The van der Waals surface area contributed by atoms with E-state index in [1.54, 1.807) is 28.4 Å². The number of halogens is 3. The summed E-state index contributed by atoms with van der Waals surface area (Å²) >= 11 is 12.6. The quantitative estimate of drug-likeness (QED) is 0.0217. The van der Waals surface area contributed by atoms with Crippen LogP contribution in [0.4, 0.5) is 0 Å². The molecule has 18 heteroatoms. The maximum Gasteiger partial charge on any atom is 0.349 e. The zero-order chi connectivity index (χ0) is 45.8. The van der Waals surface area contributed by atoms with Crippen LogP contribution in [0.1, 0.15) is 34.1 Å². The molecule has 0 radical (unpaired) electrons. The molecular weight excluding hydrogens is 976 g/mol. The van der Waals surface area contributed by atoms with Crippen LogP contribution in [0, 0.1) is 0 Å². The molecular formula is C46H41Br2ClN6O9. The Morgan fingerprint density at radius 1 is 0.672 bits per heavy atom. The minimum atomic E-state index is -0.752. The zero-order valence-electron chi connectivity index (χ0n) is 34.7. The van der Waals surface area contributed by atoms with E-state index >= 15 is 0 Å². The van der Waals surface area contributed by atoms with Gasteiger partial charge in [0.2, 0.25) is 0 Å². The van der Waals surface area contributed by atoms with Crippen molar-refractivity contribution in [1.29, 1.82) is 0 Å². The minimum Gasteiger partial charge on any atom is -0.493 e. The number of carbonyl (C=O) groups excluding carboxylic acids is 1. The highest BCUT2D eigenvalue weighted by molar-refractivity contribution is 9.11. The molecule has 330 valence electrons. The maximum absolute atomic E-state index is 11.5. The molecule has 2 aliphatic heterocycles. The van der Waals surface area contributed by atoms with Crippen LogP contribution < -0.4 is 51.4 Å². The summed E-state index contributed by atoms with van der Waals surface area (Å²) in [5.41, 5.74) is 28.8. The molecule has 2 atom stereocenters. The highest BCUT2D eigenvalue weighted by atomic mass is 79.9. The maximum atomic E-state index is 11.5. The number of amidine groups is 2. The lowest BCUT2D eigenvalue weighted by atomic mass is 9.81. The molecule has 2 unspecified atom stereocenters. The van der Waals surface area contributed by atoms with E-state index in [1.165, 1.54) is 0 Å². The van der Waals surface area contributed by atoms with Crippen molar-refractivity contribution in [3.63, 3.8) is 0 Å². The fourth-order valence-corrected chi connectivity index (χ4v) is 9.10. The topological polar surface area (TPSA) is 231 Å². The second-order valence-corrected chi connectivity index (χ2v) is 16.0. The first-order chi connectivity index (χ1) is 30.9. The lowest BCUT2D eigenvalue weighted by molar-refractivity contribution is -0.140. The van der Waals surface area contributed by atoms with Gasteiger partial charge in [-0.2, -0.15) is 0 Å². The van der Waals surface area contributed by atoms with Gasteiger partial charge in [0.1, 0.15) is 17.4 Å². The Balaban J connectivity index is 0.000000193. The molecule has 2 aliphatic rings. The highest BCUT2D eigenvalue weighted by Crippen LogP contribution is 2.50. The van der Waals surface area contributed by atoms with Crippen molar-refractivity contribution < 1.29 is 43.3 Å². The van der Waals surface area contributed by atoms with E-state index in [0.29, 0.717) is 54.6 Å². The number of hydrogen-bond acceptors (Lipinski definition) is 13. The number of benzene rings is 6. The SMILES string of the molecule is COc1cc(C2C(/C(N)=N/O)=C(N)Oc3c2ccc2ccccc32)cc(Br)c1OC.COc1cc(C2C(/C(N)=N/OC(=O)CCl)=C(N)Oc3c2ccc2ccccc32)cc(Br)c1OC. The number of nitrogens with zero attached hydrogens (tertiary/aromatic N) is 2. The van der Waals surface area contributed by atoms with Gasteiger partial charge in [-0.3, -0.25) is 0 Å². The minimum absolute atomic E-state index is 0.0305. The third-order valence-corrected chi connectivity index (χ3v) is 12.0. The number of oxime groups is 2. The van der Waals surface area contributed by atoms with Crippen LogP contribution in [-0.2, 0) is 9.63 Å². The van der Waals surface area contributed by atoms with Crippen molar-refractivity contribution >= 4 is 82.6 Å². The molecule has 0 saturated heterocycles. The number of fused-ring (bicyclic) bond motifs is 6. The summed E-state index contributed by atoms with van der Waals surface area (Å²) in [6.07, 6.45) is 0. The summed E-state index contributed by atoms with van der Waals surface area (Å²) in [5, 5.41) is 20.1. The van der Waals surface area contributed by atoms with E-state index in [2.05, 4.69) is 42.2 Å². The Bertz CT molecular complexity index is 2940. The Morgan fingerprint density at radius 2 is 1.11 bits per heavy atom. The van der Waals surface area contributed by atoms with Gasteiger partial charge in [0.05, 0.1) is 48.5 Å². The van der Waals surface area contributed by atoms with Crippen LogP contribution in [0.2, 0.25) is 0 Å². The van der Waals surface area contributed by atoms with Gasteiger partial charge in [-0.1, -0.05) is 83.1 Å². The van der Waals surface area contributed by atoms with Gasteiger partial charge >= 0.3 is 5.97 Å². The van der Waals surface area contributed by atoms with Crippen LogP contribution >= 0.6 is 43.5 Å². The van der Waals surface area contributed by atoms with Crippen molar-refractivity contribution in [2.24, 2.45) is 33.2 Å². The average molecular weight is 1020 g/mol. The molecule has 6 aromatic carbocycles. The van der Waals surface area contributed by atoms with Crippen molar-refractivity contribution in [1.82, 2.24) is 0 Å². The standard InChI is InChI=1S/C24H21BrClN3O5.C22H20BrN3O4/c1-31-17-10-13(9-16(25)22(17)32-2)19-15-8-7-12-5-3-4-6-14(12)21(15)33-24(28)20(19)23(27)29-34-18(30)11-26;1-28-16-10-12(9-15(23)20(16)29-2)17-14-8-7-11-5-3-4-6-13(11)19(14)30-22(25)18(17)21(24)26-27/h3-10,19H,11,28H2,1-2H3,(H2,27,29);3-10,17,27H,25H2,1-2H3,(H2,24,26). The molecule has 15 nitrogen and oxygen atoms in total. The molecule has 0 bridgehead atoms. The van der Waals surface area contributed by atoms with E-state index in [0.717, 1.165) is 43.8 Å². The van der Waals surface area contributed by atoms with Gasteiger partial charge in [0, 0.05) is 33.7 Å². The number of carbonyl (C=O) groups is 1. The molecule has 6 aromatic rings. The van der Waals surface area contributed by atoms with Gasteiger partial charge in [0.25, 0.3) is 0 Å². The Kier molecular flexibility index (Phi) is 13.6. The van der Waals surface area contributed by atoms with Crippen molar-refractivity contribution in [3.8, 4) is 34.5 Å². The third-order valence-electron chi connectivity index (χ3n) is 10.6. The predicted octanol–water partition coefficient (Wildman–Crippen LogP) is 8.43. The first-order valence-corrected chi connectivity index (χ1v) is 21.3. The summed E-state index contributed by atoms with van der Waals surface area (Å²) < 4.78 is 35.3. The number of rotatable bonds is 10. The molecule has 8 rings (SSSR count). The van der Waals surface area contributed by atoms with Crippen molar-refractivity contribution in [3.05, 3.63) is 151 Å². The van der Waals surface area contributed by atoms with Crippen LogP contribution in [0.3, 0.4) is 0 Å². The zero-order valence-corrected chi connectivity index (χ0v) is 38.6. The first-order valence-electron chi connectivity index (χ1n) is 19.2. The van der Waals surface area contributed by atoms with Crippen LogP contribution in [0.15, 0.2) is 139 Å². The third kappa shape index (κ3) is 8.48. The number of ether oxygens (including phenoxy) is 6. The fourth-order valence-electron chi connectivity index (χ4n) is 7.80. The van der Waals surface area contributed by atoms with E-state index in [1.807, 2.05) is 97.1 Å². The fraction of sp³-hybridized carbons (Fsp3) is 0.152. The number of alkyl halides is 1. The predicted molar refractivity (Wildman–Crippen MR) is 252 cm³/mol. The van der Waals surface area contributed by atoms with Gasteiger partial charge in [-0.15, -0.1) is 11.6 Å². The van der Waals surface area contributed by atoms with Crippen LogP contribution in [0.5, 0.6) is 34.5 Å². The number of methoxy groups -OCH3 is 4. The second kappa shape index (κ2) is 19.3. The summed E-state index contributed by atoms with van der Waals surface area (Å²) in [7, 11) is 6.23. The summed E-state index contributed by atoms with van der Waals surface area (Å²) in [5.74, 6) is 1.13. The molecule has 0 aromatic heterocycles. The lowest BCUT2D eigenvalue weighted by Crippen LogP contribution is -2.30. The first kappa shape index (κ1) is 45.2. The van der Waals surface area contributed by atoms with Gasteiger partial charge in [-0.25, -0.2) is 4.79 Å². The monoisotopic (exact) mass is 1010 g/mol. The number of nitrogens with two attached hydrogens (primary N) is 4. The average Bonchev–Trinajstić information content (AvgIpc) is 3.31. The molecule has 2 heterocycles. The van der Waals surface area contributed by atoms with Gasteiger partial charge in [-0.05, 0) is 78.0 Å². The van der Waals surface area contributed by atoms with Crippen LogP contribution in [-0.4, -0.2) is 57.2 Å². The van der Waals surface area contributed by atoms with E-state index in [9.17, 15) is 10.0 Å². The van der Waals surface area contributed by atoms with E-state index in [4.69, 9.17) is 67.8 Å². The lowest BCUT2D eigenvalue weighted by Gasteiger charge is -2.30. The Labute approximate surface area is 389 Å². The van der Waals surface area contributed by atoms with Gasteiger partial charge in [0.15, 0.2) is 46.4 Å². The Morgan fingerprint density at radius 3 is 1.52 bits per heavy atom. The molecule has 0 aliphatic carbocycles. The molecule has 0 amide bonds. The molecule has 64 heavy (non-hydrogen) atoms. The smallest absolute Gasteiger partial charge is 0.349 e. The summed E-state index contributed by atoms with van der Waals surface area (Å²) in [6, 6.07) is 31.0. The largest absolute Gasteiger partial charge is 0.493 e. The summed E-state index contributed by atoms with van der Waals surface area (Å²) in [4.78, 5) is 16.3. The van der Waals surface area contributed by atoms with Crippen molar-refractivity contribution in [2.75, 3.05) is 34.3 Å². The van der Waals surface area contributed by atoms with E-state index in [-0.39, 0.29) is 29.3 Å². The highest BCUT2D eigenvalue weighted by Gasteiger charge is 2.36. The number of hydrogen-bond donors (Lipinski definition) is 5. The molecule has 9 N–H and O–H groups in total. The molecule has 0 spiro atoms. The summed E-state index contributed by atoms with van der Waals surface area (Å²) in [6.45, 7) is 0. The molecule has 0 fully saturated rings. The van der Waals surface area contributed by atoms with E-state index < -0.39 is 17.8 Å². The second-order valence-electron chi connectivity index (χ2n) is 14.1. The van der Waals surface area contributed by atoms with Crippen LogP contribution in [0.25, 0.3) is 21.5 Å². The van der Waals surface area contributed by atoms with Gasteiger partial charge < -0.3 is 61.4 Å². The Hall–Kier alpha value is -6.82.